The molecule has 0 saturated heterocycles. The molecule has 0 aliphatic heterocycles. The van der Waals surface area contributed by atoms with Crippen LogP contribution in [0.1, 0.15) is 39.0 Å². The van der Waals surface area contributed by atoms with Crippen molar-refractivity contribution in [3.63, 3.8) is 0 Å². The van der Waals surface area contributed by atoms with E-state index in [0.29, 0.717) is 12.8 Å². The molecule has 0 spiro atoms. The van der Waals surface area contributed by atoms with Gasteiger partial charge in [-0.2, -0.15) is 0 Å². The minimum atomic E-state index is -3.74. The monoisotopic (exact) mass is 353 g/mol. The molecule has 0 radical (unpaired) electrons. The van der Waals surface area contributed by atoms with Crippen LogP contribution in [-0.4, -0.2) is 29.7 Å². The topological polar surface area (TPSA) is 67.8 Å². The molecule has 2 aliphatic rings. The summed E-state index contributed by atoms with van der Waals surface area (Å²) in [5, 5.41) is 12.8. The molecule has 2 rings (SSSR count). The van der Waals surface area contributed by atoms with Gasteiger partial charge in [0.25, 0.3) is 0 Å². The zero-order valence-corrected chi connectivity index (χ0v) is 14.4. The van der Waals surface area contributed by atoms with E-state index in [1.165, 1.54) is 32.3 Å². The number of methoxy groups -OCH3 is 1. The smallest absolute Gasteiger partial charge is 0.409 e. The zero-order chi connectivity index (χ0) is 16.4. The molecule has 0 bridgehead atoms. The van der Waals surface area contributed by atoms with Crippen LogP contribution in [0.3, 0.4) is 0 Å². The zero-order valence-electron chi connectivity index (χ0n) is 12.7. The van der Waals surface area contributed by atoms with Crippen molar-refractivity contribution in [2.75, 3.05) is 7.11 Å². The van der Waals surface area contributed by atoms with Crippen LogP contribution in [0.5, 0.6) is 0 Å². The normalized spacial score (nSPS) is 31.4. The van der Waals surface area contributed by atoms with Crippen LogP contribution in [0.2, 0.25) is 0 Å². The van der Waals surface area contributed by atoms with Crippen molar-refractivity contribution in [2.45, 2.75) is 56.5 Å². The van der Waals surface area contributed by atoms with Gasteiger partial charge in [0.1, 0.15) is 11.4 Å². The van der Waals surface area contributed by atoms with Gasteiger partial charge in [0, 0.05) is 24.8 Å². The van der Waals surface area contributed by atoms with Crippen LogP contribution in [-0.2, 0) is 13.8 Å². The second-order valence-electron chi connectivity index (χ2n) is 6.06. The lowest BCUT2D eigenvalue weighted by Crippen LogP contribution is -2.51. The van der Waals surface area contributed by atoms with E-state index in [1.807, 2.05) is 0 Å². The molecule has 1 saturated carbocycles. The molecule has 1 fully saturated rings. The third kappa shape index (κ3) is 4.33. The lowest BCUT2D eigenvalue weighted by atomic mass is 9.99. The quantitative estimate of drug-likeness (QED) is 0.561. The van der Waals surface area contributed by atoms with E-state index >= 15 is 0 Å². The maximum Gasteiger partial charge on any atom is 0.409 e. The standard InChI is InChI=1S/C14H22ClFNO4P/c1-13(16)9-5-11(6-10-13)21-22(15,19)17-14(12(18)20-2)7-3-4-8-14/h5-6,9,12,18H,3-4,7-8,10H2,1-2H3,(H,17,19). The molecule has 3 unspecified atom stereocenters. The van der Waals surface area contributed by atoms with Crippen molar-refractivity contribution < 1.29 is 23.3 Å². The first kappa shape index (κ1) is 18.0. The number of ether oxygens (including phenoxy) is 1. The van der Waals surface area contributed by atoms with Crippen LogP contribution in [0.4, 0.5) is 4.39 Å². The van der Waals surface area contributed by atoms with Gasteiger partial charge >= 0.3 is 6.87 Å². The molecular formula is C14H22ClFNO4P. The van der Waals surface area contributed by atoms with Gasteiger partial charge in [-0.3, -0.25) is 0 Å². The highest BCUT2D eigenvalue weighted by molar-refractivity contribution is 7.83. The fourth-order valence-corrected chi connectivity index (χ4v) is 4.89. The van der Waals surface area contributed by atoms with Crippen molar-refractivity contribution >= 4 is 18.1 Å². The van der Waals surface area contributed by atoms with Crippen molar-refractivity contribution in [2.24, 2.45) is 0 Å². The predicted molar refractivity (Wildman–Crippen MR) is 83.2 cm³/mol. The predicted octanol–water partition coefficient (Wildman–Crippen LogP) is 3.79. The summed E-state index contributed by atoms with van der Waals surface area (Å²) in [4.78, 5) is 0. The molecule has 2 N–H and O–H groups in total. The number of rotatable bonds is 6. The molecule has 0 aromatic carbocycles. The number of aliphatic hydroxyl groups excluding tert-OH is 1. The average Bonchev–Trinajstić information content (AvgIpc) is 2.89. The van der Waals surface area contributed by atoms with Crippen LogP contribution in [0.25, 0.3) is 0 Å². The van der Waals surface area contributed by atoms with Crippen LogP contribution in [0, 0.1) is 0 Å². The minimum Gasteiger partial charge on any atom is -0.423 e. The van der Waals surface area contributed by atoms with E-state index in [1.54, 1.807) is 0 Å². The lowest BCUT2D eigenvalue weighted by molar-refractivity contribution is -0.127. The van der Waals surface area contributed by atoms with Crippen LogP contribution < -0.4 is 5.09 Å². The van der Waals surface area contributed by atoms with Gasteiger partial charge in [-0.1, -0.05) is 12.8 Å². The number of aliphatic hydroxyl groups is 1. The highest BCUT2D eigenvalue weighted by Crippen LogP contribution is 2.55. The molecule has 5 nitrogen and oxygen atoms in total. The first-order valence-electron chi connectivity index (χ1n) is 7.26. The summed E-state index contributed by atoms with van der Waals surface area (Å²) < 4.78 is 36.5. The van der Waals surface area contributed by atoms with E-state index in [-0.39, 0.29) is 12.2 Å². The summed E-state index contributed by atoms with van der Waals surface area (Å²) in [7, 11) is 1.38. The van der Waals surface area contributed by atoms with Gasteiger partial charge in [0.15, 0.2) is 6.29 Å². The van der Waals surface area contributed by atoms with Gasteiger partial charge < -0.3 is 14.4 Å². The first-order valence-corrected chi connectivity index (χ1v) is 9.79. The summed E-state index contributed by atoms with van der Waals surface area (Å²) in [6.07, 6.45) is 6.16. The number of hydrogen-bond donors (Lipinski definition) is 2. The van der Waals surface area contributed by atoms with E-state index in [0.717, 1.165) is 12.8 Å². The lowest BCUT2D eigenvalue weighted by Gasteiger charge is -2.35. The molecule has 0 heterocycles. The Morgan fingerprint density at radius 2 is 2.14 bits per heavy atom. The Balaban J connectivity index is 2.06. The summed E-state index contributed by atoms with van der Waals surface area (Å²) in [5.41, 5.74) is -2.32. The Morgan fingerprint density at radius 3 is 2.64 bits per heavy atom. The maximum absolute atomic E-state index is 13.7. The fraction of sp³-hybridized carbons (Fsp3) is 0.714. The van der Waals surface area contributed by atoms with Gasteiger partial charge in [0.2, 0.25) is 0 Å². The molecule has 22 heavy (non-hydrogen) atoms. The van der Waals surface area contributed by atoms with Gasteiger partial charge in [-0.05, 0) is 38.0 Å². The summed E-state index contributed by atoms with van der Waals surface area (Å²) >= 11 is 6.00. The second kappa shape index (κ2) is 6.62. The summed E-state index contributed by atoms with van der Waals surface area (Å²) in [6.45, 7) is -2.30. The van der Waals surface area contributed by atoms with E-state index in [2.05, 4.69) is 5.09 Å². The highest BCUT2D eigenvalue weighted by atomic mass is 35.7. The summed E-state index contributed by atoms with van der Waals surface area (Å²) in [5.74, 6) is 0.251. The SMILES string of the molecule is COC(O)C1(NP(=O)(Cl)OC2=CCC(C)(F)C=C2)CCCC1. The van der Waals surface area contributed by atoms with E-state index < -0.39 is 24.4 Å². The number of alkyl halides is 1. The fourth-order valence-electron chi connectivity index (χ4n) is 2.83. The number of halogens is 2. The van der Waals surface area contributed by atoms with E-state index in [4.69, 9.17) is 20.5 Å². The van der Waals surface area contributed by atoms with Gasteiger partial charge in [-0.15, -0.1) is 0 Å². The molecule has 0 amide bonds. The molecule has 126 valence electrons. The average molecular weight is 354 g/mol. The Bertz CT molecular complexity index is 517. The molecular weight excluding hydrogens is 332 g/mol. The minimum absolute atomic E-state index is 0.127. The van der Waals surface area contributed by atoms with Crippen molar-refractivity contribution in [1.29, 1.82) is 0 Å². The van der Waals surface area contributed by atoms with Crippen molar-refractivity contribution in [1.82, 2.24) is 5.09 Å². The Morgan fingerprint density at radius 1 is 1.50 bits per heavy atom. The third-order valence-electron chi connectivity index (χ3n) is 4.07. The van der Waals surface area contributed by atoms with E-state index in [9.17, 15) is 14.1 Å². The number of hydrogen-bond acceptors (Lipinski definition) is 4. The Kier molecular flexibility index (Phi) is 5.40. The molecule has 0 aromatic rings. The molecule has 2 aliphatic carbocycles. The molecule has 3 atom stereocenters. The third-order valence-corrected chi connectivity index (χ3v) is 5.69. The Hall–Kier alpha value is -0.390. The number of nitrogens with one attached hydrogen (secondary N) is 1. The maximum atomic E-state index is 13.7. The molecule has 0 aromatic heterocycles. The van der Waals surface area contributed by atoms with Crippen LogP contribution >= 0.6 is 18.1 Å². The largest absolute Gasteiger partial charge is 0.423 e. The van der Waals surface area contributed by atoms with Gasteiger partial charge in [0.05, 0.1) is 5.54 Å². The Labute approximate surface area is 134 Å². The highest BCUT2D eigenvalue weighted by Gasteiger charge is 2.46. The summed E-state index contributed by atoms with van der Waals surface area (Å²) in [6, 6.07) is 0. The van der Waals surface area contributed by atoms with Crippen molar-refractivity contribution in [3.05, 3.63) is 24.0 Å². The molecule has 8 heteroatoms. The van der Waals surface area contributed by atoms with Crippen LogP contribution in [0.15, 0.2) is 24.0 Å². The van der Waals surface area contributed by atoms with Crippen molar-refractivity contribution in [3.8, 4) is 0 Å². The number of allylic oxidation sites excluding steroid dienone is 3. The van der Waals surface area contributed by atoms with Gasteiger partial charge in [-0.25, -0.2) is 14.0 Å². The second-order valence-corrected chi connectivity index (χ2v) is 8.76. The first-order chi connectivity index (χ1) is 10.2.